The molecule has 0 amide bonds. The van der Waals surface area contributed by atoms with Crippen LogP contribution in [0.2, 0.25) is 5.54 Å². The van der Waals surface area contributed by atoms with Crippen LogP contribution >= 0.6 is 0 Å². The Morgan fingerprint density at radius 3 is 0.700 bits per heavy atom. The standard InChI is InChI=1S/C59H92Si/c1-7-13-19-25-33-50-41-51(34-26-20-14-8-2)45-57(44-50)60(56-39-31-32-40-56,58-46-52(35-27-21-15-9-3)42-53(47-58)36-28-22-16-10-4)59-48-54(37-29-23-17-11-5)43-55(49-59)38-30-24-18-12-6/h31-32,39-49,56H,7-30,33-38H2,1-6H3. The van der Waals surface area contributed by atoms with Crippen LogP contribution < -0.4 is 15.6 Å². The van der Waals surface area contributed by atoms with E-state index in [1.54, 1.807) is 48.9 Å². The van der Waals surface area contributed by atoms with Gasteiger partial charge in [-0.15, -0.1) is 0 Å². The van der Waals surface area contributed by atoms with Crippen molar-refractivity contribution in [2.75, 3.05) is 0 Å². The van der Waals surface area contributed by atoms with Crippen LogP contribution in [0.5, 0.6) is 0 Å². The highest BCUT2D eigenvalue weighted by Gasteiger charge is 2.46. The summed E-state index contributed by atoms with van der Waals surface area (Å²) >= 11 is 0. The highest BCUT2D eigenvalue weighted by atomic mass is 28.3. The molecule has 0 bridgehead atoms. The summed E-state index contributed by atoms with van der Waals surface area (Å²) in [5, 5.41) is 5.05. The van der Waals surface area contributed by atoms with Crippen molar-refractivity contribution < 1.29 is 0 Å². The van der Waals surface area contributed by atoms with Gasteiger partial charge in [0.05, 0.1) is 0 Å². The second kappa shape index (κ2) is 29.6. The molecule has 0 saturated heterocycles. The maximum atomic E-state index is 2.78. The average Bonchev–Trinajstić information content (AvgIpc) is 3.80. The van der Waals surface area contributed by atoms with Crippen molar-refractivity contribution in [3.8, 4) is 0 Å². The molecule has 332 valence electrons. The van der Waals surface area contributed by atoms with E-state index in [2.05, 4.69) is 120 Å². The first-order chi connectivity index (χ1) is 29.5. The average molecular weight is 829 g/mol. The molecule has 1 heteroatoms. The first kappa shape index (κ1) is 50.0. The van der Waals surface area contributed by atoms with Gasteiger partial charge in [0.25, 0.3) is 0 Å². The maximum Gasteiger partial charge on any atom is 0.158 e. The fraction of sp³-hybridized carbons (Fsp3) is 0.627. The van der Waals surface area contributed by atoms with E-state index in [4.69, 9.17) is 0 Å². The van der Waals surface area contributed by atoms with Gasteiger partial charge in [-0.1, -0.05) is 236 Å². The van der Waals surface area contributed by atoms with Gasteiger partial charge in [-0.25, -0.2) is 0 Å². The summed E-state index contributed by atoms with van der Waals surface area (Å²) in [4.78, 5) is 0. The van der Waals surface area contributed by atoms with Gasteiger partial charge in [0.1, 0.15) is 0 Å². The van der Waals surface area contributed by atoms with E-state index in [9.17, 15) is 0 Å². The molecule has 0 saturated carbocycles. The number of unbranched alkanes of at least 4 members (excludes halogenated alkanes) is 18. The van der Waals surface area contributed by atoms with Crippen LogP contribution in [-0.4, -0.2) is 8.07 Å². The van der Waals surface area contributed by atoms with Gasteiger partial charge in [-0.05, 0) is 126 Å². The molecule has 4 rings (SSSR count). The predicted molar refractivity (Wildman–Crippen MR) is 273 cm³/mol. The molecular formula is C59H92Si. The van der Waals surface area contributed by atoms with E-state index >= 15 is 0 Å². The quantitative estimate of drug-likeness (QED) is 0.0320. The van der Waals surface area contributed by atoms with Crippen LogP contribution in [0.15, 0.2) is 78.9 Å². The van der Waals surface area contributed by atoms with Crippen molar-refractivity contribution in [1.82, 2.24) is 0 Å². The Bertz CT molecular complexity index is 1380. The summed E-state index contributed by atoms with van der Waals surface area (Å²) in [5.74, 6) is 0. The van der Waals surface area contributed by atoms with Gasteiger partial charge in [0.2, 0.25) is 0 Å². The number of benzene rings is 3. The smallest absolute Gasteiger partial charge is 0.0793 e. The lowest BCUT2D eigenvalue weighted by atomic mass is 10.00. The zero-order chi connectivity index (χ0) is 42.7. The Hall–Kier alpha value is -2.64. The van der Waals surface area contributed by atoms with E-state index < -0.39 is 8.07 Å². The number of aryl methyl sites for hydroxylation is 6. The molecule has 1 aliphatic carbocycles. The summed E-state index contributed by atoms with van der Waals surface area (Å²) in [7, 11) is -2.68. The Morgan fingerprint density at radius 1 is 0.283 bits per heavy atom. The number of allylic oxidation sites excluding steroid dienone is 4. The predicted octanol–water partition coefficient (Wildman–Crippen LogP) is 16.4. The normalized spacial score (nSPS) is 13.0. The van der Waals surface area contributed by atoms with Gasteiger partial charge in [-0.3, -0.25) is 0 Å². The molecule has 0 aliphatic heterocycles. The van der Waals surface area contributed by atoms with Crippen molar-refractivity contribution >= 4 is 23.6 Å². The molecule has 1 aliphatic rings. The number of hydrogen-bond donors (Lipinski definition) is 0. The first-order valence-corrected chi connectivity index (χ1v) is 28.3. The van der Waals surface area contributed by atoms with Gasteiger partial charge < -0.3 is 0 Å². The third-order valence-corrected chi connectivity index (χ3v) is 18.7. The minimum Gasteiger partial charge on any atom is -0.0793 e. The Kier molecular flexibility index (Phi) is 24.7. The van der Waals surface area contributed by atoms with Gasteiger partial charge in [0.15, 0.2) is 8.07 Å². The third-order valence-electron chi connectivity index (χ3n) is 13.7. The summed E-state index contributed by atoms with van der Waals surface area (Å²) in [6.45, 7) is 14.1. The molecule has 3 aromatic carbocycles. The zero-order valence-corrected chi connectivity index (χ0v) is 41.3. The fourth-order valence-electron chi connectivity index (χ4n) is 10.2. The minimum absolute atomic E-state index is 0.396. The lowest BCUT2D eigenvalue weighted by molar-refractivity contribution is 0.661. The van der Waals surface area contributed by atoms with E-state index in [1.165, 1.54) is 193 Å². The maximum absolute atomic E-state index is 2.78. The summed E-state index contributed by atoms with van der Waals surface area (Å²) in [6, 6.07) is 24.6. The van der Waals surface area contributed by atoms with Crippen LogP contribution in [0.3, 0.4) is 0 Å². The second-order valence-corrected chi connectivity index (χ2v) is 23.1. The molecule has 0 fully saturated rings. The molecule has 0 radical (unpaired) electrons. The summed E-state index contributed by atoms with van der Waals surface area (Å²) in [5.41, 5.74) is 10.00. The SMILES string of the molecule is CCCCCCc1cc(CCCCCC)cc([Si](c2cc(CCCCCC)cc(CCCCCC)c2)(c2cc(CCCCCC)cc(CCCCCC)c2)C2C=CC=C2)c1. The van der Waals surface area contributed by atoms with E-state index in [0.29, 0.717) is 5.54 Å². The molecule has 0 heterocycles. The molecule has 0 spiro atoms. The summed E-state index contributed by atoms with van der Waals surface area (Å²) < 4.78 is 0. The monoisotopic (exact) mass is 829 g/mol. The van der Waals surface area contributed by atoms with E-state index in [0.717, 1.165) is 0 Å². The van der Waals surface area contributed by atoms with Crippen LogP contribution in [0.25, 0.3) is 0 Å². The van der Waals surface area contributed by atoms with Crippen molar-refractivity contribution in [3.63, 3.8) is 0 Å². The molecule has 3 aromatic rings. The van der Waals surface area contributed by atoms with E-state index in [1.807, 2.05) is 0 Å². The highest BCUT2D eigenvalue weighted by Crippen LogP contribution is 2.32. The first-order valence-electron chi connectivity index (χ1n) is 26.3. The molecule has 0 nitrogen and oxygen atoms in total. The lowest BCUT2D eigenvalue weighted by Crippen LogP contribution is -2.69. The fourth-order valence-corrected chi connectivity index (χ4v) is 15.6. The van der Waals surface area contributed by atoms with Crippen LogP contribution in [0, 0.1) is 0 Å². The molecule has 0 unspecified atom stereocenters. The highest BCUT2D eigenvalue weighted by molar-refractivity contribution is 7.13. The van der Waals surface area contributed by atoms with E-state index in [-0.39, 0.29) is 0 Å². The summed E-state index contributed by atoms with van der Waals surface area (Å²) in [6.07, 6.45) is 49.0. The molecule has 0 atom stereocenters. The van der Waals surface area contributed by atoms with Gasteiger partial charge in [-0.2, -0.15) is 0 Å². The van der Waals surface area contributed by atoms with Crippen LogP contribution in [0.1, 0.15) is 229 Å². The largest absolute Gasteiger partial charge is 0.158 e. The topological polar surface area (TPSA) is 0 Å². The molecule has 0 aromatic heterocycles. The van der Waals surface area contributed by atoms with Crippen molar-refractivity contribution in [3.05, 3.63) is 112 Å². The van der Waals surface area contributed by atoms with Crippen molar-refractivity contribution in [2.24, 2.45) is 0 Å². The van der Waals surface area contributed by atoms with Crippen molar-refractivity contribution in [2.45, 2.75) is 240 Å². The molecular weight excluding hydrogens is 737 g/mol. The molecule has 60 heavy (non-hydrogen) atoms. The second-order valence-electron chi connectivity index (χ2n) is 19.1. The zero-order valence-electron chi connectivity index (χ0n) is 40.3. The third kappa shape index (κ3) is 16.2. The van der Waals surface area contributed by atoms with Crippen molar-refractivity contribution in [1.29, 1.82) is 0 Å². The van der Waals surface area contributed by atoms with Gasteiger partial charge in [0, 0.05) is 5.54 Å². The van der Waals surface area contributed by atoms with Crippen LogP contribution in [0.4, 0.5) is 0 Å². The Labute approximate surface area is 374 Å². The number of hydrogen-bond acceptors (Lipinski definition) is 0. The Balaban J connectivity index is 2.06. The number of rotatable bonds is 34. The van der Waals surface area contributed by atoms with Gasteiger partial charge >= 0.3 is 0 Å². The Morgan fingerprint density at radius 2 is 0.500 bits per heavy atom. The lowest BCUT2D eigenvalue weighted by Gasteiger charge is -2.39. The minimum atomic E-state index is -2.68. The van der Waals surface area contributed by atoms with Crippen LogP contribution in [-0.2, 0) is 38.5 Å². The molecule has 0 N–H and O–H groups in total.